The Morgan fingerprint density at radius 3 is 2.46 bits per heavy atom. The van der Waals surface area contributed by atoms with Crippen LogP contribution in [-0.2, 0) is 0 Å². The van der Waals surface area contributed by atoms with Crippen LogP contribution in [-0.4, -0.2) is 15.0 Å². The maximum atomic E-state index is 4.21. The molecule has 2 rings (SSSR count). The fraction of sp³-hybridized carbons (Fsp3) is 0. The van der Waals surface area contributed by atoms with Crippen LogP contribution >= 0.6 is 22.6 Å². The van der Waals surface area contributed by atoms with Gasteiger partial charge in [0.05, 0.1) is 0 Å². The van der Waals surface area contributed by atoms with E-state index < -0.39 is 0 Å². The number of benzene rings is 1. The summed E-state index contributed by atoms with van der Waals surface area (Å²) in [5.41, 5.74) is 1.02. The molecule has 4 heteroatoms. The van der Waals surface area contributed by atoms with Crippen molar-refractivity contribution < 1.29 is 0 Å². The first-order valence-electron chi connectivity index (χ1n) is 3.76. The molecule has 0 saturated carbocycles. The highest BCUT2D eigenvalue weighted by Gasteiger charge is 1.99. The van der Waals surface area contributed by atoms with Crippen LogP contribution in [0.2, 0.25) is 0 Å². The maximum absolute atomic E-state index is 4.21. The summed E-state index contributed by atoms with van der Waals surface area (Å²) < 4.78 is 0.714. The van der Waals surface area contributed by atoms with Crippen LogP contribution in [0.25, 0.3) is 11.4 Å². The number of hydrogen-bond donors (Lipinski definition) is 0. The highest BCUT2D eigenvalue weighted by molar-refractivity contribution is 14.1. The molecule has 0 bridgehead atoms. The summed E-state index contributed by atoms with van der Waals surface area (Å²) in [4.78, 5) is 12.2. The molecule has 0 aliphatic rings. The molecular weight excluding hydrogens is 277 g/mol. The summed E-state index contributed by atoms with van der Waals surface area (Å²) in [5, 5.41) is 0. The van der Waals surface area contributed by atoms with E-state index in [1.807, 2.05) is 30.3 Å². The molecule has 0 spiro atoms. The van der Waals surface area contributed by atoms with Gasteiger partial charge in [-0.1, -0.05) is 30.3 Å². The van der Waals surface area contributed by atoms with Gasteiger partial charge in [0.25, 0.3) is 0 Å². The Hall–Kier alpha value is -1.04. The van der Waals surface area contributed by atoms with Crippen molar-refractivity contribution in [2.75, 3.05) is 0 Å². The van der Waals surface area contributed by atoms with E-state index in [0.29, 0.717) is 3.83 Å². The van der Waals surface area contributed by atoms with Gasteiger partial charge >= 0.3 is 0 Å². The normalized spacial score (nSPS) is 9.92. The van der Waals surface area contributed by atoms with Gasteiger partial charge in [0, 0.05) is 28.2 Å². The monoisotopic (exact) mass is 283 g/mol. The zero-order chi connectivity index (χ0) is 9.10. The molecule has 13 heavy (non-hydrogen) atoms. The lowest BCUT2D eigenvalue weighted by Gasteiger charge is -1.97. The zero-order valence-corrected chi connectivity index (χ0v) is 8.84. The second-order valence-electron chi connectivity index (χ2n) is 2.44. The Morgan fingerprint density at radius 2 is 1.77 bits per heavy atom. The second kappa shape index (κ2) is 3.78. The summed E-state index contributed by atoms with van der Waals surface area (Å²) in [7, 11) is 0. The minimum Gasteiger partial charge on any atom is -0.216 e. The minimum atomic E-state index is 0.714. The highest BCUT2D eigenvalue weighted by atomic mass is 127. The fourth-order valence-corrected chi connectivity index (χ4v) is 1.36. The molecule has 0 N–H and O–H groups in total. The SMILES string of the molecule is Ic1ncnc(-c2ccccc2)n1. The zero-order valence-electron chi connectivity index (χ0n) is 6.68. The third-order valence-electron chi connectivity index (χ3n) is 1.57. The van der Waals surface area contributed by atoms with Crippen LogP contribution in [0, 0.1) is 3.83 Å². The predicted molar refractivity (Wildman–Crippen MR) is 58.0 cm³/mol. The van der Waals surface area contributed by atoms with E-state index in [0.717, 1.165) is 11.4 Å². The first-order valence-corrected chi connectivity index (χ1v) is 4.84. The van der Waals surface area contributed by atoms with Gasteiger partial charge in [-0.15, -0.1) is 0 Å². The Balaban J connectivity index is 2.48. The third-order valence-corrected chi connectivity index (χ3v) is 2.09. The van der Waals surface area contributed by atoms with Crippen LogP contribution in [0.5, 0.6) is 0 Å². The van der Waals surface area contributed by atoms with E-state index in [9.17, 15) is 0 Å². The summed E-state index contributed by atoms with van der Waals surface area (Å²) in [5.74, 6) is 0.722. The third kappa shape index (κ3) is 2.00. The molecule has 0 amide bonds. The lowest BCUT2D eigenvalue weighted by Crippen LogP contribution is -1.93. The number of halogens is 1. The molecule has 0 radical (unpaired) electrons. The number of hydrogen-bond acceptors (Lipinski definition) is 3. The molecule has 3 nitrogen and oxygen atoms in total. The van der Waals surface area contributed by atoms with Gasteiger partial charge in [0.15, 0.2) is 9.66 Å². The second-order valence-corrected chi connectivity index (χ2v) is 3.41. The van der Waals surface area contributed by atoms with Crippen LogP contribution in [0.1, 0.15) is 0 Å². The van der Waals surface area contributed by atoms with Gasteiger partial charge in [-0.25, -0.2) is 15.0 Å². The predicted octanol–water partition coefficient (Wildman–Crippen LogP) is 2.14. The summed E-state index contributed by atoms with van der Waals surface area (Å²) in [6.45, 7) is 0. The Labute approximate surface area is 89.4 Å². The average molecular weight is 283 g/mol. The first-order chi connectivity index (χ1) is 6.36. The Bertz CT molecular complexity index is 403. The highest BCUT2D eigenvalue weighted by Crippen LogP contribution is 2.12. The van der Waals surface area contributed by atoms with E-state index in [-0.39, 0.29) is 0 Å². The molecule has 0 aliphatic heterocycles. The van der Waals surface area contributed by atoms with E-state index >= 15 is 0 Å². The van der Waals surface area contributed by atoms with E-state index in [4.69, 9.17) is 0 Å². The van der Waals surface area contributed by atoms with E-state index in [2.05, 4.69) is 37.5 Å². The van der Waals surface area contributed by atoms with Crippen LogP contribution < -0.4 is 0 Å². The van der Waals surface area contributed by atoms with Crippen LogP contribution in [0.3, 0.4) is 0 Å². The number of aromatic nitrogens is 3. The van der Waals surface area contributed by atoms with Gasteiger partial charge < -0.3 is 0 Å². The molecule has 0 atom stereocenters. The Morgan fingerprint density at radius 1 is 1.00 bits per heavy atom. The first kappa shape index (κ1) is 8.55. The quantitative estimate of drug-likeness (QED) is 0.753. The van der Waals surface area contributed by atoms with Crippen molar-refractivity contribution in [1.82, 2.24) is 15.0 Å². The van der Waals surface area contributed by atoms with Crippen molar-refractivity contribution in [2.24, 2.45) is 0 Å². The lowest BCUT2D eigenvalue weighted by atomic mass is 10.2. The van der Waals surface area contributed by atoms with Crippen molar-refractivity contribution in [3.8, 4) is 11.4 Å². The molecular formula is C9H6IN3. The van der Waals surface area contributed by atoms with E-state index in [1.54, 1.807) is 0 Å². The van der Waals surface area contributed by atoms with Crippen molar-refractivity contribution in [3.63, 3.8) is 0 Å². The van der Waals surface area contributed by atoms with Crippen LogP contribution in [0.4, 0.5) is 0 Å². The standard InChI is InChI=1S/C9H6IN3/c10-9-12-6-11-8(13-9)7-4-2-1-3-5-7/h1-6H. The van der Waals surface area contributed by atoms with Crippen molar-refractivity contribution in [1.29, 1.82) is 0 Å². The van der Waals surface area contributed by atoms with Gasteiger partial charge in [-0.2, -0.15) is 0 Å². The summed E-state index contributed by atoms with van der Waals surface area (Å²) in [6, 6.07) is 9.85. The molecule has 1 aromatic heterocycles. The van der Waals surface area contributed by atoms with Crippen molar-refractivity contribution >= 4 is 22.6 Å². The number of rotatable bonds is 1. The van der Waals surface area contributed by atoms with Crippen LogP contribution in [0.15, 0.2) is 36.7 Å². The summed E-state index contributed by atoms with van der Waals surface area (Å²) in [6.07, 6.45) is 1.52. The average Bonchev–Trinajstić information content (AvgIpc) is 2.19. The fourth-order valence-electron chi connectivity index (χ4n) is 1.00. The maximum Gasteiger partial charge on any atom is 0.194 e. The molecule has 2 aromatic rings. The molecule has 64 valence electrons. The molecule has 0 saturated heterocycles. The molecule has 0 fully saturated rings. The van der Waals surface area contributed by atoms with E-state index in [1.165, 1.54) is 6.33 Å². The van der Waals surface area contributed by atoms with Crippen molar-refractivity contribution in [2.45, 2.75) is 0 Å². The molecule has 1 aromatic carbocycles. The lowest BCUT2D eigenvalue weighted by molar-refractivity contribution is 1.01. The topological polar surface area (TPSA) is 38.7 Å². The van der Waals surface area contributed by atoms with Gasteiger partial charge in [-0.3, -0.25) is 0 Å². The van der Waals surface area contributed by atoms with Gasteiger partial charge in [0.2, 0.25) is 0 Å². The summed E-state index contributed by atoms with van der Waals surface area (Å²) >= 11 is 2.07. The smallest absolute Gasteiger partial charge is 0.194 e. The molecule has 1 heterocycles. The van der Waals surface area contributed by atoms with Gasteiger partial charge in [0.1, 0.15) is 6.33 Å². The van der Waals surface area contributed by atoms with Crippen molar-refractivity contribution in [3.05, 3.63) is 40.5 Å². The minimum absolute atomic E-state index is 0.714. The molecule has 0 aliphatic carbocycles. The number of nitrogens with zero attached hydrogens (tertiary/aromatic N) is 3. The van der Waals surface area contributed by atoms with Gasteiger partial charge in [-0.05, 0) is 0 Å². The Kier molecular flexibility index (Phi) is 2.49. The largest absolute Gasteiger partial charge is 0.216 e. The molecule has 0 unspecified atom stereocenters.